The van der Waals surface area contributed by atoms with Gasteiger partial charge >= 0.3 is 0 Å². The zero-order chi connectivity index (χ0) is 20.5. The molecule has 0 saturated carbocycles. The van der Waals surface area contributed by atoms with Gasteiger partial charge in [-0.1, -0.05) is 11.6 Å². The highest BCUT2D eigenvalue weighted by Gasteiger charge is 2.16. The van der Waals surface area contributed by atoms with E-state index in [1.54, 1.807) is 12.3 Å². The minimum atomic E-state index is -0.376. The van der Waals surface area contributed by atoms with Gasteiger partial charge in [-0.25, -0.2) is 9.37 Å². The maximum atomic E-state index is 14.4. The van der Waals surface area contributed by atoms with Gasteiger partial charge in [0.1, 0.15) is 5.82 Å². The van der Waals surface area contributed by atoms with Gasteiger partial charge in [0.15, 0.2) is 0 Å². The molecule has 1 saturated heterocycles. The van der Waals surface area contributed by atoms with Gasteiger partial charge in [0.05, 0.1) is 40.5 Å². The molecule has 0 bridgehead atoms. The molecule has 1 aromatic carbocycles. The summed E-state index contributed by atoms with van der Waals surface area (Å²) in [4.78, 5) is 9.27. The van der Waals surface area contributed by atoms with E-state index < -0.39 is 0 Å². The second-order valence-corrected chi connectivity index (χ2v) is 7.85. The predicted octanol–water partition coefficient (Wildman–Crippen LogP) is 4.64. The Labute approximate surface area is 177 Å². The maximum Gasteiger partial charge on any atom is 0.132 e. The molecule has 4 heterocycles. The number of aromatic nitrogens is 4. The Morgan fingerprint density at radius 1 is 1.10 bits per heavy atom. The molecule has 0 unspecified atom stereocenters. The molecular weight excluding hydrogens is 403 g/mol. The normalized spacial score (nSPS) is 16.3. The van der Waals surface area contributed by atoms with Gasteiger partial charge in [0.25, 0.3) is 0 Å². The predicted molar refractivity (Wildman–Crippen MR) is 117 cm³/mol. The van der Waals surface area contributed by atoms with E-state index in [0.717, 1.165) is 29.8 Å². The third kappa shape index (κ3) is 3.74. The molecule has 1 aliphatic heterocycles. The summed E-state index contributed by atoms with van der Waals surface area (Å²) in [5, 5.41) is 14.3. The fraction of sp³-hybridized carbons (Fsp3) is 0.227. The first-order chi connectivity index (χ1) is 14.7. The van der Waals surface area contributed by atoms with E-state index in [9.17, 15) is 4.39 Å². The Kier molecular flexibility index (Phi) is 5.06. The Morgan fingerprint density at radius 3 is 2.90 bits per heavy atom. The summed E-state index contributed by atoms with van der Waals surface area (Å²) in [5.41, 5.74) is 4.76. The molecule has 30 heavy (non-hydrogen) atoms. The van der Waals surface area contributed by atoms with E-state index in [-0.39, 0.29) is 5.82 Å². The molecule has 4 aromatic rings. The summed E-state index contributed by atoms with van der Waals surface area (Å²) in [7, 11) is 0. The van der Waals surface area contributed by atoms with Crippen molar-refractivity contribution in [2.24, 2.45) is 0 Å². The van der Waals surface area contributed by atoms with Gasteiger partial charge in [-0.05, 0) is 55.8 Å². The molecule has 3 N–H and O–H groups in total. The van der Waals surface area contributed by atoms with Crippen molar-refractivity contribution in [1.29, 1.82) is 0 Å². The van der Waals surface area contributed by atoms with Crippen molar-refractivity contribution >= 4 is 28.3 Å². The second-order valence-electron chi connectivity index (χ2n) is 7.42. The van der Waals surface area contributed by atoms with E-state index in [1.807, 2.05) is 24.4 Å². The van der Waals surface area contributed by atoms with Crippen molar-refractivity contribution in [2.45, 2.75) is 18.9 Å². The van der Waals surface area contributed by atoms with E-state index in [0.29, 0.717) is 33.6 Å². The van der Waals surface area contributed by atoms with Crippen LogP contribution in [-0.4, -0.2) is 39.3 Å². The standard InChI is InChI=1S/C22H20ClFN6/c23-13-3-4-18(24)16(8-13)22-17(12-28-30-22)19-5-6-20-21(29-19)9-15(11-27-20)26-10-14-2-1-7-25-14/h3-6,8-9,11-12,14,25-26H,1-2,7,10H2,(H,28,30)/t14-/m0/s1. The summed E-state index contributed by atoms with van der Waals surface area (Å²) >= 11 is 6.07. The first kappa shape index (κ1) is 19.0. The number of halogens is 2. The third-order valence-electron chi connectivity index (χ3n) is 5.37. The highest BCUT2D eigenvalue weighted by molar-refractivity contribution is 6.30. The fourth-order valence-electron chi connectivity index (χ4n) is 3.80. The van der Waals surface area contributed by atoms with Crippen LogP contribution in [0, 0.1) is 5.82 Å². The van der Waals surface area contributed by atoms with E-state index in [1.165, 1.54) is 25.0 Å². The Morgan fingerprint density at radius 2 is 2.03 bits per heavy atom. The van der Waals surface area contributed by atoms with Crippen molar-refractivity contribution in [2.75, 3.05) is 18.4 Å². The van der Waals surface area contributed by atoms with Crippen LogP contribution in [0.4, 0.5) is 10.1 Å². The molecule has 6 nitrogen and oxygen atoms in total. The van der Waals surface area contributed by atoms with Gasteiger partial charge in [0, 0.05) is 28.7 Å². The number of benzene rings is 1. The molecule has 0 spiro atoms. The van der Waals surface area contributed by atoms with Crippen LogP contribution < -0.4 is 10.6 Å². The topological polar surface area (TPSA) is 78.5 Å². The highest BCUT2D eigenvalue weighted by Crippen LogP contribution is 2.33. The fourth-order valence-corrected chi connectivity index (χ4v) is 3.97. The summed E-state index contributed by atoms with van der Waals surface area (Å²) in [6.45, 7) is 1.93. The van der Waals surface area contributed by atoms with Gasteiger partial charge in [-0.15, -0.1) is 0 Å². The van der Waals surface area contributed by atoms with Crippen LogP contribution in [-0.2, 0) is 0 Å². The lowest BCUT2D eigenvalue weighted by Crippen LogP contribution is -2.29. The Bertz CT molecular complexity index is 1200. The van der Waals surface area contributed by atoms with Crippen LogP contribution in [0.3, 0.4) is 0 Å². The van der Waals surface area contributed by atoms with E-state index in [4.69, 9.17) is 16.6 Å². The van der Waals surface area contributed by atoms with E-state index in [2.05, 4.69) is 25.8 Å². The van der Waals surface area contributed by atoms with Gasteiger partial charge < -0.3 is 10.6 Å². The number of fused-ring (bicyclic) bond motifs is 1. The molecule has 1 atom stereocenters. The largest absolute Gasteiger partial charge is 0.382 e. The number of H-pyrrole nitrogens is 1. The van der Waals surface area contributed by atoms with Gasteiger partial charge in [-0.3, -0.25) is 10.1 Å². The monoisotopic (exact) mass is 422 g/mol. The molecule has 1 aliphatic rings. The molecule has 5 rings (SSSR count). The zero-order valence-corrected chi connectivity index (χ0v) is 16.9. The molecule has 152 valence electrons. The maximum absolute atomic E-state index is 14.4. The van der Waals surface area contributed by atoms with Crippen LogP contribution in [0.15, 0.2) is 48.8 Å². The Hall–Kier alpha value is -3.03. The average Bonchev–Trinajstić information content (AvgIpc) is 3.45. The number of nitrogens with one attached hydrogen (secondary N) is 3. The van der Waals surface area contributed by atoms with Crippen LogP contribution >= 0.6 is 11.6 Å². The number of aromatic amines is 1. The third-order valence-corrected chi connectivity index (χ3v) is 5.60. The van der Waals surface area contributed by atoms with Crippen molar-refractivity contribution in [1.82, 2.24) is 25.5 Å². The molecular formula is C22H20ClFN6. The lowest BCUT2D eigenvalue weighted by Gasteiger charge is -2.12. The molecule has 1 fully saturated rings. The minimum absolute atomic E-state index is 0.356. The Balaban J connectivity index is 1.48. The zero-order valence-electron chi connectivity index (χ0n) is 16.1. The lowest BCUT2D eigenvalue weighted by molar-refractivity contribution is 0.630. The second kappa shape index (κ2) is 8.01. The number of pyridine rings is 2. The lowest BCUT2D eigenvalue weighted by atomic mass is 10.0. The average molecular weight is 423 g/mol. The number of anilines is 1. The van der Waals surface area contributed by atoms with Gasteiger partial charge in [-0.2, -0.15) is 5.10 Å². The minimum Gasteiger partial charge on any atom is -0.382 e. The van der Waals surface area contributed by atoms with Crippen molar-refractivity contribution in [3.05, 3.63) is 59.6 Å². The summed E-state index contributed by atoms with van der Waals surface area (Å²) in [5.74, 6) is -0.376. The number of hydrogen-bond acceptors (Lipinski definition) is 5. The molecule has 8 heteroatoms. The van der Waals surface area contributed by atoms with Crippen molar-refractivity contribution in [3.8, 4) is 22.5 Å². The summed E-state index contributed by atoms with van der Waals surface area (Å²) < 4.78 is 14.4. The molecule has 0 amide bonds. The van der Waals surface area contributed by atoms with Crippen LogP contribution in [0.25, 0.3) is 33.5 Å². The van der Waals surface area contributed by atoms with Gasteiger partial charge in [0.2, 0.25) is 0 Å². The number of rotatable bonds is 5. The SMILES string of the molecule is Fc1ccc(Cl)cc1-c1[nH]ncc1-c1ccc2ncc(NC[C@@H]3CCCN3)cc2n1. The molecule has 0 radical (unpaired) electrons. The smallest absolute Gasteiger partial charge is 0.132 e. The number of hydrogen-bond donors (Lipinski definition) is 3. The summed E-state index contributed by atoms with van der Waals surface area (Å²) in [6.07, 6.45) is 5.86. The van der Waals surface area contributed by atoms with Crippen molar-refractivity contribution in [3.63, 3.8) is 0 Å². The quantitative estimate of drug-likeness (QED) is 0.436. The number of nitrogens with zero attached hydrogens (tertiary/aromatic N) is 3. The summed E-state index contributed by atoms with van der Waals surface area (Å²) in [6, 6.07) is 10.7. The highest BCUT2D eigenvalue weighted by atomic mass is 35.5. The first-order valence-electron chi connectivity index (χ1n) is 9.90. The van der Waals surface area contributed by atoms with E-state index >= 15 is 0 Å². The first-order valence-corrected chi connectivity index (χ1v) is 10.3. The van der Waals surface area contributed by atoms with Crippen LogP contribution in [0.2, 0.25) is 5.02 Å². The molecule has 3 aromatic heterocycles. The van der Waals surface area contributed by atoms with Crippen LogP contribution in [0.5, 0.6) is 0 Å². The van der Waals surface area contributed by atoms with Crippen LogP contribution in [0.1, 0.15) is 12.8 Å². The molecule has 0 aliphatic carbocycles. The van der Waals surface area contributed by atoms with Crippen molar-refractivity contribution < 1.29 is 4.39 Å².